The zero-order chi connectivity index (χ0) is 22.7. The fourth-order valence-electron chi connectivity index (χ4n) is 5.62. The fourth-order valence-corrected chi connectivity index (χ4v) is 6.88. The molecule has 1 aromatic heterocycles. The molecule has 0 bridgehead atoms. The minimum absolute atomic E-state index is 0.246. The predicted octanol–water partition coefficient (Wildman–Crippen LogP) is 5.21. The van der Waals surface area contributed by atoms with Crippen LogP contribution in [0.25, 0.3) is 10.9 Å². The highest BCUT2D eigenvalue weighted by atomic mass is 32.2. The second-order valence-corrected chi connectivity index (χ2v) is 11.3. The van der Waals surface area contributed by atoms with Crippen molar-refractivity contribution in [3.63, 3.8) is 0 Å². The van der Waals surface area contributed by atoms with Crippen molar-refractivity contribution in [1.29, 1.82) is 0 Å². The molecule has 0 radical (unpaired) electrons. The lowest BCUT2D eigenvalue weighted by atomic mass is 9.88. The number of pyridine rings is 1. The van der Waals surface area contributed by atoms with Crippen molar-refractivity contribution < 1.29 is 8.42 Å². The molecule has 1 saturated carbocycles. The SMILES string of the molecule is O=S(=O)(c1ccccc1)c1cnc2c(N3CCNCC[C@H]3C3CCCCCC3)cccc2c1. The Morgan fingerprint density at radius 1 is 0.848 bits per heavy atom. The normalized spacial score (nSPS) is 21.0. The van der Waals surface area contributed by atoms with Gasteiger partial charge in [0.05, 0.1) is 21.0 Å². The molecule has 5 rings (SSSR count). The van der Waals surface area contributed by atoms with Crippen LogP contribution in [0, 0.1) is 5.92 Å². The summed E-state index contributed by atoms with van der Waals surface area (Å²) >= 11 is 0. The summed E-state index contributed by atoms with van der Waals surface area (Å²) in [6, 6.07) is 17.1. The van der Waals surface area contributed by atoms with Crippen molar-refractivity contribution in [2.45, 2.75) is 60.8 Å². The molecule has 1 saturated heterocycles. The molecule has 1 aliphatic carbocycles. The van der Waals surface area contributed by atoms with Gasteiger partial charge in [-0.1, -0.05) is 56.0 Å². The standard InChI is InChI=1S/C27H33N3O2S/c31-33(32,23-12-6-3-7-13-23)24-19-22-11-8-14-26(27(22)29-20-24)30-18-17-28-16-15-25(30)21-9-4-1-2-5-10-21/h3,6-8,11-14,19-21,25,28H,1-2,4-5,9-10,15-18H2/t25-/m0/s1. The van der Waals surface area contributed by atoms with Crippen LogP contribution in [0.3, 0.4) is 0 Å². The van der Waals surface area contributed by atoms with Crippen LogP contribution in [0.15, 0.2) is 70.6 Å². The van der Waals surface area contributed by atoms with E-state index in [2.05, 4.69) is 16.3 Å². The Bertz CT molecular complexity index is 1190. The first-order chi connectivity index (χ1) is 16.1. The molecule has 1 N–H and O–H groups in total. The zero-order valence-electron chi connectivity index (χ0n) is 19.1. The van der Waals surface area contributed by atoms with E-state index >= 15 is 0 Å². The number of hydrogen-bond donors (Lipinski definition) is 1. The molecule has 0 unspecified atom stereocenters. The number of fused-ring (bicyclic) bond motifs is 1. The average Bonchev–Trinajstić information content (AvgIpc) is 3.27. The number of sulfone groups is 1. The maximum Gasteiger partial charge on any atom is 0.208 e. The van der Waals surface area contributed by atoms with Crippen molar-refractivity contribution >= 4 is 26.4 Å². The largest absolute Gasteiger partial charge is 0.365 e. The van der Waals surface area contributed by atoms with Crippen LogP contribution in [0.2, 0.25) is 0 Å². The quantitative estimate of drug-likeness (QED) is 0.539. The highest BCUT2D eigenvalue weighted by Gasteiger charge is 2.30. The van der Waals surface area contributed by atoms with E-state index in [1.165, 1.54) is 44.7 Å². The van der Waals surface area contributed by atoms with Crippen molar-refractivity contribution in [3.8, 4) is 0 Å². The zero-order valence-corrected chi connectivity index (χ0v) is 19.9. The van der Waals surface area contributed by atoms with Crippen LogP contribution < -0.4 is 10.2 Å². The summed E-state index contributed by atoms with van der Waals surface area (Å²) in [4.78, 5) is 7.85. The van der Waals surface area contributed by atoms with Crippen LogP contribution in [0.5, 0.6) is 0 Å². The van der Waals surface area contributed by atoms with E-state index < -0.39 is 9.84 Å². The minimum atomic E-state index is -3.59. The number of nitrogens with one attached hydrogen (secondary N) is 1. The van der Waals surface area contributed by atoms with Gasteiger partial charge in [-0.25, -0.2) is 8.42 Å². The third-order valence-electron chi connectivity index (χ3n) is 7.33. The summed E-state index contributed by atoms with van der Waals surface area (Å²) in [6.07, 6.45) is 10.7. The summed E-state index contributed by atoms with van der Waals surface area (Å²) in [7, 11) is -3.59. The average molecular weight is 464 g/mol. The smallest absolute Gasteiger partial charge is 0.208 e. The van der Waals surface area contributed by atoms with Crippen molar-refractivity contribution in [3.05, 3.63) is 60.8 Å². The molecule has 174 valence electrons. The number of rotatable bonds is 4. The second-order valence-electron chi connectivity index (χ2n) is 9.39. The molecule has 2 aliphatic rings. The van der Waals surface area contributed by atoms with E-state index in [1.54, 1.807) is 30.3 Å². The molecule has 0 amide bonds. The molecule has 33 heavy (non-hydrogen) atoms. The number of nitrogens with zero attached hydrogens (tertiary/aromatic N) is 2. The monoisotopic (exact) mass is 463 g/mol. The third kappa shape index (κ3) is 4.64. The Morgan fingerprint density at radius 2 is 1.64 bits per heavy atom. The maximum absolute atomic E-state index is 13.1. The molecule has 3 aromatic rings. The first-order valence-corrected chi connectivity index (χ1v) is 13.8. The summed E-state index contributed by atoms with van der Waals surface area (Å²) in [5, 5.41) is 4.46. The first kappa shape index (κ1) is 22.4. The van der Waals surface area contributed by atoms with Crippen LogP contribution >= 0.6 is 0 Å². The number of aromatic nitrogens is 1. The molecular formula is C27H33N3O2S. The molecule has 5 nitrogen and oxygen atoms in total. The van der Waals surface area contributed by atoms with Gasteiger partial charge in [-0.3, -0.25) is 4.98 Å². The topological polar surface area (TPSA) is 62.3 Å². The van der Waals surface area contributed by atoms with Gasteiger partial charge in [0.25, 0.3) is 0 Å². The van der Waals surface area contributed by atoms with Gasteiger partial charge in [-0.05, 0) is 56.0 Å². The second kappa shape index (κ2) is 9.82. The van der Waals surface area contributed by atoms with E-state index in [9.17, 15) is 8.42 Å². The van der Waals surface area contributed by atoms with Gasteiger partial charge in [0.2, 0.25) is 9.84 Å². The van der Waals surface area contributed by atoms with Crippen LogP contribution in [0.4, 0.5) is 5.69 Å². The molecule has 0 spiro atoms. The lowest BCUT2D eigenvalue weighted by Gasteiger charge is -2.37. The van der Waals surface area contributed by atoms with Gasteiger partial charge in [0, 0.05) is 30.7 Å². The predicted molar refractivity (Wildman–Crippen MR) is 133 cm³/mol. The van der Waals surface area contributed by atoms with E-state index in [4.69, 9.17) is 4.98 Å². The Kier molecular flexibility index (Phi) is 6.65. The number of anilines is 1. The van der Waals surface area contributed by atoms with E-state index in [0.717, 1.165) is 42.6 Å². The molecule has 2 aromatic carbocycles. The van der Waals surface area contributed by atoms with Crippen molar-refractivity contribution in [1.82, 2.24) is 10.3 Å². The molecule has 2 heterocycles. The number of hydrogen-bond acceptors (Lipinski definition) is 5. The lowest BCUT2D eigenvalue weighted by Crippen LogP contribution is -2.41. The summed E-state index contributed by atoms with van der Waals surface area (Å²) in [5.41, 5.74) is 2.03. The Morgan fingerprint density at radius 3 is 2.42 bits per heavy atom. The van der Waals surface area contributed by atoms with Crippen molar-refractivity contribution in [2.24, 2.45) is 5.92 Å². The van der Waals surface area contributed by atoms with Gasteiger partial charge in [0.15, 0.2) is 0 Å². The number of para-hydroxylation sites is 1. The highest BCUT2D eigenvalue weighted by Crippen LogP contribution is 2.36. The summed E-state index contributed by atoms with van der Waals surface area (Å²) in [5.74, 6) is 0.709. The first-order valence-electron chi connectivity index (χ1n) is 12.3. The molecule has 1 atom stereocenters. The Hall–Kier alpha value is -2.44. The van der Waals surface area contributed by atoms with E-state index in [1.807, 2.05) is 18.2 Å². The Balaban J connectivity index is 1.53. The van der Waals surface area contributed by atoms with Crippen LogP contribution in [-0.2, 0) is 9.84 Å². The fraction of sp³-hybridized carbons (Fsp3) is 0.444. The number of benzene rings is 2. The van der Waals surface area contributed by atoms with E-state index in [0.29, 0.717) is 16.9 Å². The van der Waals surface area contributed by atoms with Crippen molar-refractivity contribution in [2.75, 3.05) is 24.5 Å². The van der Waals surface area contributed by atoms with Crippen LogP contribution in [-0.4, -0.2) is 39.1 Å². The third-order valence-corrected chi connectivity index (χ3v) is 9.07. The summed E-state index contributed by atoms with van der Waals surface area (Å²) in [6.45, 7) is 2.96. The maximum atomic E-state index is 13.1. The van der Waals surface area contributed by atoms with Gasteiger partial charge in [-0.2, -0.15) is 0 Å². The van der Waals surface area contributed by atoms with Gasteiger partial charge in [0.1, 0.15) is 0 Å². The van der Waals surface area contributed by atoms with Gasteiger partial charge in [-0.15, -0.1) is 0 Å². The molecule has 2 fully saturated rings. The minimum Gasteiger partial charge on any atom is -0.365 e. The molecule has 6 heteroatoms. The summed E-state index contributed by atoms with van der Waals surface area (Å²) < 4.78 is 26.3. The van der Waals surface area contributed by atoms with E-state index in [-0.39, 0.29) is 4.90 Å². The van der Waals surface area contributed by atoms with Gasteiger partial charge >= 0.3 is 0 Å². The van der Waals surface area contributed by atoms with Crippen LogP contribution in [0.1, 0.15) is 44.9 Å². The molecule has 1 aliphatic heterocycles. The highest BCUT2D eigenvalue weighted by molar-refractivity contribution is 7.91. The van der Waals surface area contributed by atoms with Gasteiger partial charge < -0.3 is 10.2 Å². The lowest BCUT2D eigenvalue weighted by molar-refractivity contribution is 0.350. The Labute approximate surface area is 197 Å². The molecular weight excluding hydrogens is 430 g/mol.